The highest BCUT2D eigenvalue weighted by atomic mass is 79.9. The molecular weight excluding hydrogens is 290 g/mol. The first-order valence-corrected chi connectivity index (χ1v) is 6.95. The van der Waals surface area contributed by atoms with Gasteiger partial charge in [-0.3, -0.25) is 4.79 Å². The molecule has 0 radical (unpaired) electrons. The van der Waals surface area contributed by atoms with Crippen molar-refractivity contribution in [1.29, 1.82) is 0 Å². The van der Waals surface area contributed by atoms with Crippen LogP contribution in [0.5, 0.6) is 0 Å². The van der Waals surface area contributed by atoms with E-state index in [1.165, 1.54) is 11.3 Å². The Morgan fingerprint density at radius 2 is 2.50 bits per heavy atom. The number of thiophene rings is 1. The van der Waals surface area contributed by atoms with Gasteiger partial charge in [-0.05, 0) is 47.8 Å². The Labute approximate surface area is 107 Å². The SMILES string of the molecule is C[C@@H](NC(=O)c1ccc(Br)s1)[C@@H]1CCCO1. The summed E-state index contributed by atoms with van der Waals surface area (Å²) in [6, 6.07) is 3.79. The van der Waals surface area contributed by atoms with Crippen molar-refractivity contribution < 1.29 is 9.53 Å². The van der Waals surface area contributed by atoms with Gasteiger partial charge in [-0.2, -0.15) is 0 Å². The van der Waals surface area contributed by atoms with Gasteiger partial charge in [0.1, 0.15) is 0 Å². The molecule has 1 aromatic heterocycles. The van der Waals surface area contributed by atoms with Crippen molar-refractivity contribution in [3.05, 3.63) is 20.8 Å². The average Bonchev–Trinajstić information content (AvgIpc) is 2.87. The summed E-state index contributed by atoms with van der Waals surface area (Å²) in [6.45, 7) is 2.81. The maximum absolute atomic E-state index is 11.8. The minimum Gasteiger partial charge on any atom is -0.376 e. The number of carbonyl (C=O) groups excluding carboxylic acids is 1. The topological polar surface area (TPSA) is 38.3 Å². The van der Waals surface area contributed by atoms with Gasteiger partial charge in [-0.15, -0.1) is 11.3 Å². The molecule has 1 aliphatic rings. The molecule has 1 N–H and O–H groups in total. The molecule has 1 amide bonds. The van der Waals surface area contributed by atoms with Gasteiger partial charge >= 0.3 is 0 Å². The molecule has 0 bridgehead atoms. The van der Waals surface area contributed by atoms with E-state index in [1.807, 2.05) is 19.1 Å². The summed E-state index contributed by atoms with van der Waals surface area (Å²) in [4.78, 5) is 12.6. The minimum atomic E-state index is -0.0151. The number of carbonyl (C=O) groups is 1. The third kappa shape index (κ3) is 2.84. The highest BCUT2D eigenvalue weighted by Crippen LogP contribution is 2.22. The van der Waals surface area contributed by atoms with Crippen LogP contribution in [0, 0.1) is 0 Å². The maximum Gasteiger partial charge on any atom is 0.261 e. The van der Waals surface area contributed by atoms with Gasteiger partial charge in [0.25, 0.3) is 5.91 Å². The fourth-order valence-corrected chi connectivity index (χ4v) is 3.09. The molecule has 2 heterocycles. The summed E-state index contributed by atoms with van der Waals surface area (Å²) >= 11 is 4.79. The molecule has 1 saturated heterocycles. The van der Waals surface area contributed by atoms with Crippen LogP contribution in [-0.2, 0) is 4.74 Å². The number of hydrogen-bond acceptors (Lipinski definition) is 3. The van der Waals surface area contributed by atoms with E-state index in [-0.39, 0.29) is 18.1 Å². The lowest BCUT2D eigenvalue weighted by atomic mass is 10.1. The van der Waals surface area contributed by atoms with Crippen LogP contribution in [-0.4, -0.2) is 24.7 Å². The van der Waals surface area contributed by atoms with E-state index in [0.29, 0.717) is 0 Å². The minimum absolute atomic E-state index is 0.0151. The quantitative estimate of drug-likeness (QED) is 0.932. The largest absolute Gasteiger partial charge is 0.376 e. The lowest BCUT2D eigenvalue weighted by molar-refractivity contribution is 0.0714. The lowest BCUT2D eigenvalue weighted by Crippen LogP contribution is -2.40. The highest BCUT2D eigenvalue weighted by Gasteiger charge is 2.24. The maximum atomic E-state index is 11.8. The zero-order valence-corrected chi connectivity index (χ0v) is 11.4. The monoisotopic (exact) mass is 303 g/mol. The molecule has 1 aromatic rings. The second kappa shape index (κ2) is 5.29. The molecule has 0 saturated carbocycles. The number of rotatable bonds is 3. The number of halogens is 1. The molecule has 1 fully saturated rings. The van der Waals surface area contributed by atoms with E-state index in [0.717, 1.165) is 28.1 Å². The van der Waals surface area contributed by atoms with Crippen molar-refractivity contribution in [2.45, 2.75) is 31.9 Å². The Bertz CT molecular complexity index is 374. The molecule has 0 aromatic carbocycles. The van der Waals surface area contributed by atoms with Crippen molar-refractivity contribution >= 4 is 33.2 Å². The summed E-state index contributed by atoms with van der Waals surface area (Å²) in [7, 11) is 0. The second-order valence-corrected chi connectivity index (χ2v) is 6.38. The molecule has 0 aliphatic carbocycles. The lowest BCUT2D eigenvalue weighted by Gasteiger charge is -2.19. The fourth-order valence-electron chi connectivity index (χ4n) is 1.80. The molecule has 2 rings (SSSR count). The van der Waals surface area contributed by atoms with Crippen molar-refractivity contribution in [1.82, 2.24) is 5.32 Å². The molecule has 3 nitrogen and oxygen atoms in total. The Kier molecular flexibility index (Phi) is 4.00. The average molecular weight is 304 g/mol. The first-order valence-electron chi connectivity index (χ1n) is 5.34. The molecule has 88 valence electrons. The van der Waals surface area contributed by atoms with Crippen LogP contribution in [0.3, 0.4) is 0 Å². The van der Waals surface area contributed by atoms with E-state index in [1.54, 1.807) is 0 Å². The van der Waals surface area contributed by atoms with E-state index >= 15 is 0 Å². The Balaban J connectivity index is 1.91. The van der Waals surface area contributed by atoms with Gasteiger partial charge in [0.05, 0.1) is 20.8 Å². The standard InChI is InChI=1S/C11H14BrNO2S/c1-7(8-3-2-6-15-8)13-11(14)9-4-5-10(12)16-9/h4-5,7-8H,2-3,6H2,1H3,(H,13,14)/t7-,8+/m1/s1. The summed E-state index contributed by atoms with van der Waals surface area (Å²) in [5.41, 5.74) is 0. The zero-order chi connectivity index (χ0) is 11.5. The third-order valence-corrected chi connectivity index (χ3v) is 4.30. The van der Waals surface area contributed by atoms with Gasteiger partial charge in [-0.25, -0.2) is 0 Å². The molecule has 5 heteroatoms. The molecule has 1 aliphatic heterocycles. The van der Waals surface area contributed by atoms with Crippen LogP contribution in [0.1, 0.15) is 29.4 Å². The smallest absolute Gasteiger partial charge is 0.261 e. The van der Waals surface area contributed by atoms with Crippen molar-refractivity contribution in [2.75, 3.05) is 6.61 Å². The summed E-state index contributed by atoms with van der Waals surface area (Å²) in [6.07, 6.45) is 2.30. The predicted octanol–water partition coefficient (Wildman–Crippen LogP) is 2.81. The summed E-state index contributed by atoms with van der Waals surface area (Å²) in [5, 5.41) is 2.98. The number of hydrogen-bond donors (Lipinski definition) is 1. The number of ether oxygens (including phenoxy) is 1. The number of nitrogens with one attached hydrogen (secondary N) is 1. The van der Waals surface area contributed by atoms with Crippen LogP contribution in [0.2, 0.25) is 0 Å². The Morgan fingerprint density at radius 3 is 3.06 bits per heavy atom. The van der Waals surface area contributed by atoms with Gasteiger partial charge in [0.15, 0.2) is 0 Å². The van der Waals surface area contributed by atoms with Crippen LogP contribution in [0.25, 0.3) is 0 Å². The van der Waals surface area contributed by atoms with Crippen LogP contribution in [0.15, 0.2) is 15.9 Å². The van der Waals surface area contributed by atoms with Crippen LogP contribution >= 0.6 is 27.3 Å². The Hall–Kier alpha value is -0.390. The van der Waals surface area contributed by atoms with Crippen molar-refractivity contribution in [2.24, 2.45) is 0 Å². The molecule has 16 heavy (non-hydrogen) atoms. The van der Waals surface area contributed by atoms with Crippen molar-refractivity contribution in [3.63, 3.8) is 0 Å². The fraction of sp³-hybridized carbons (Fsp3) is 0.545. The molecule has 0 unspecified atom stereocenters. The Morgan fingerprint density at radius 1 is 1.69 bits per heavy atom. The van der Waals surface area contributed by atoms with E-state index in [4.69, 9.17) is 4.74 Å². The first kappa shape index (κ1) is 12.1. The summed E-state index contributed by atoms with van der Waals surface area (Å²) < 4.78 is 6.51. The molecule has 2 atom stereocenters. The van der Waals surface area contributed by atoms with Crippen molar-refractivity contribution in [3.8, 4) is 0 Å². The van der Waals surface area contributed by atoms with E-state index in [2.05, 4.69) is 21.2 Å². The predicted molar refractivity (Wildman–Crippen MR) is 67.9 cm³/mol. The van der Waals surface area contributed by atoms with Gasteiger partial charge in [-0.1, -0.05) is 0 Å². The number of amides is 1. The van der Waals surface area contributed by atoms with E-state index in [9.17, 15) is 4.79 Å². The molecule has 0 spiro atoms. The van der Waals surface area contributed by atoms with Gasteiger partial charge < -0.3 is 10.1 Å². The van der Waals surface area contributed by atoms with E-state index < -0.39 is 0 Å². The summed E-state index contributed by atoms with van der Waals surface area (Å²) in [5.74, 6) is -0.0151. The normalized spacial score (nSPS) is 22.0. The highest BCUT2D eigenvalue weighted by molar-refractivity contribution is 9.11. The third-order valence-electron chi connectivity index (χ3n) is 2.68. The van der Waals surface area contributed by atoms with Gasteiger partial charge in [0, 0.05) is 6.61 Å². The van der Waals surface area contributed by atoms with Crippen LogP contribution in [0.4, 0.5) is 0 Å². The second-order valence-electron chi connectivity index (χ2n) is 3.92. The zero-order valence-electron chi connectivity index (χ0n) is 9.03. The molecular formula is C11H14BrNO2S. The van der Waals surface area contributed by atoms with Gasteiger partial charge in [0.2, 0.25) is 0 Å². The first-order chi connectivity index (χ1) is 7.66. The van der Waals surface area contributed by atoms with Crippen LogP contribution < -0.4 is 5.32 Å².